The van der Waals surface area contributed by atoms with Crippen molar-refractivity contribution in [2.45, 2.75) is 51.3 Å². The molecule has 0 saturated carbocycles. The van der Waals surface area contributed by atoms with Crippen LogP contribution in [-0.2, 0) is 10.5 Å². The highest BCUT2D eigenvalue weighted by Gasteiger charge is 2.27. The number of rotatable bonds is 7. The maximum absolute atomic E-state index is 12.3. The van der Waals surface area contributed by atoms with Crippen molar-refractivity contribution in [3.05, 3.63) is 17.0 Å². The number of amides is 1. The zero-order chi connectivity index (χ0) is 15.2. The summed E-state index contributed by atoms with van der Waals surface area (Å²) in [5.74, 6) is 2.32. The molecule has 0 aromatic carbocycles. The van der Waals surface area contributed by atoms with Crippen LogP contribution in [0.25, 0.3) is 0 Å². The second-order valence-corrected chi connectivity index (χ2v) is 6.53. The molecule has 0 aliphatic carbocycles. The van der Waals surface area contributed by atoms with Gasteiger partial charge in [0, 0.05) is 30.5 Å². The summed E-state index contributed by atoms with van der Waals surface area (Å²) in [5, 5.41) is 12.9. The van der Waals surface area contributed by atoms with Gasteiger partial charge < -0.3 is 14.5 Å². The number of hydrogen-bond donors (Lipinski definition) is 1. The summed E-state index contributed by atoms with van der Waals surface area (Å²) in [6.45, 7) is 4.91. The maximum Gasteiger partial charge on any atom is 0.232 e. The summed E-state index contributed by atoms with van der Waals surface area (Å²) in [6, 6.07) is 0.323. The lowest BCUT2D eigenvalue weighted by atomic mass is 10.1. The summed E-state index contributed by atoms with van der Waals surface area (Å²) < 4.78 is 5.13. The number of carbonyl (C=O) groups is 1. The van der Waals surface area contributed by atoms with Gasteiger partial charge in [0.2, 0.25) is 5.91 Å². The Morgan fingerprint density at radius 2 is 2.33 bits per heavy atom. The molecule has 1 amide bonds. The number of carbonyl (C=O) groups excluding carboxylic acids is 1. The fourth-order valence-corrected chi connectivity index (χ4v) is 3.88. The molecular formula is C15H24N2O3S. The van der Waals surface area contributed by atoms with Crippen LogP contribution in [0.5, 0.6) is 0 Å². The molecule has 1 aliphatic heterocycles. The molecule has 0 spiro atoms. The molecule has 1 fully saturated rings. The fourth-order valence-electron chi connectivity index (χ4n) is 2.82. The Balaban J connectivity index is 1.79. The Bertz CT molecular complexity index is 456. The predicted molar refractivity (Wildman–Crippen MR) is 83.2 cm³/mol. The Morgan fingerprint density at radius 1 is 1.52 bits per heavy atom. The monoisotopic (exact) mass is 312 g/mol. The molecule has 2 heterocycles. The normalized spacial score (nSPS) is 18.4. The molecule has 1 unspecified atom stereocenters. The first kappa shape index (κ1) is 16.4. The minimum atomic E-state index is 0.208. The highest BCUT2D eigenvalue weighted by molar-refractivity contribution is 7.99. The van der Waals surface area contributed by atoms with Gasteiger partial charge in [-0.2, -0.15) is 0 Å². The standard InChI is InChI=1S/C15H24N2O3S/c1-11-14(12(2)20-16-11)9-21-10-15(19)17-7-3-5-13(17)6-4-8-18/h13,18H,3-10H2,1-2H3. The predicted octanol–water partition coefficient (Wildman–Crippen LogP) is 2.29. The van der Waals surface area contributed by atoms with E-state index in [0.29, 0.717) is 11.8 Å². The van der Waals surface area contributed by atoms with Gasteiger partial charge >= 0.3 is 0 Å². The van der Waals surface area contributed by atoms with E-state index in [1.54, 1.807) is 11.8 Å². The average molecular weight is 312 g/mol. The average Bonchev–Trinajstić information content (AvgIpc) is 3.06. The molecule has 6 heteroatoms. The summed E-state index contributed by atoms with van der Waals surface area (Å²) in [7, 11) is 0. The third kappa shape index (κ3) is 4.23. The number of hydrogen-bond acceptors (Lipinski definition) is 5. The molecule has 5 nitrogen and oxygen atoms in total. The van der Waals surface area contributed by atoms with Crippen molar-refractivity contribution in [3.8, 4) is 0 Å². The van der Waals surface area contributed by atoms with Crippen molar-refractivity contribution >= 4 is 17.7 Å². The molecular weight excluding hydrogens is 288 g/mol. The largest absolute Gasteiger partial charge is 0.396 e. The highest BCUT2D eigenvalue weighted by Crippen LogP contribution is 2.24. The minimum Gasteiger partial charge on any atom is -0.396 e. The third-order valence-corrected chi connectivity index (χ3v) is 4.99. The van der Waals surface area contributed by atoms with Gasteiger partial charge in [0.25, 0.3) is 0 Å². The van der Waals surface area contributed by atoms with Gasteiger partial charge in [-0.25, -0.2) is 0 Å². The molecule has 1 atom stereocenters. The lowest BCUT2D eigenvalue weighted by Crippen LogP contribution is -2.36. The third-order valence-electron chi connectivity index (χ3n) is 4.05. The number of nitrogens with zero attached hydrogens (tertiary/aromatic N) is 2. The van der Waals surface area contributed by atoms with E-state index >= 15 is 0 Å². The summed E-state index contributed by atoms with van der Waals surface area (Å²) in [4.78, 5) is 14.3. The summed E-state index contributed by atoms with van der Waals surface area (Å²) in [5.41, 5.74) is 2.01. The van der Waals surface area contributed by atoms with Crippen LogP contribution in [0, 0.1) is 13.8 Å². The number of aromatic nitrogens is 1. The Kier molecular flexibility index (Phi) is 6.11. The van der Waals surface area contributed by atoms with Gasteiger partial charge in [-0.05, 0) is 39.5 Å². The number of likely N-dealkylation sites (tertiary alicyclic amines) is 1. The van der Waals surface area contributed by atoms with Crippen LogP contribution < -0.4 is 0 Å². The van der Waals surface area contributed by atoms with Crippen molar-refractivity contribution in [2.75, 3.05) is 18.9 Å². The molecule has 0 bridgehead atoms. The number of aliphatic hydroxyl groups excluding tert-OH is 1. The van der Waals surface area contributed by atoms with Gasteiger partial charge in [0.15, 0.2) is 0 Å². The fraction of sp³-hybridized carbons (Fsp3) is 0.733. The van der Waals surface area contributed by atoms with Crippen molar-refractivity contribution in [1.29, 1.82) is 0 Å². The van der Waals surface area contributed by atoms with Gasteiger partial charge in [-0.3, -0.25) is 4.79 Å². The van der Waals surface area contributed by atoms with E-state index < -0.39 is 0 Å². The minimum absolute atomic E-state index is 0.208. The SMILES string of the molecule is Cc1noc(C)c1CSCC(=O)N1CCCC1CCCO. The van der Waals surface area contributed by atoms with Crippen LogP contribution in [0.15, 0.2) is 4.52 Å². The van der Waals surface area contributed by atoms with Gasteiger partial charge in [0.1, 0.15) is 5.76 Å². The number of aryl methyl sites for hydroxylation is 2. The van der Waals surface area contributed by atoms with Gasteiger partial charge in [-0.15, -0.1) is 11.8 Å². The molecule has 1 aromatic rings. The van der Waals surface area contributed by atoms with E-state index in [-0.39, 0.29) is 12.5 Å². The van der Waals surface area contributed by atoms with Crippen LogP contribution in [-0.4, -0.2) is 46.0 Å². The Hall–Kier alpha value is -1.01. The Morgan fingerprint density at radius 3 is 3.00 bits per heavy atom. The lowest BCUT2D eigenvalue weighted by Gasteiger charge is -2.24. The topological polar surface area (TPSA) is 66.6 Å². The van der Waals surface area contributed by atoms with E-state index in [1.807, 2.05) is 18.7 Å². The summed E-state index contributed by atoms with van der Waals surface area (Å²) >= 11 is 1.62. The van der Waals surface area contributed by atoms with E-state index in [1.165, 1.54) is 0 Å². The summed E-state index contributed by atoms with van der Waals surface area (Å²) in [6.07, 6.45) is 3.84. The molecule has 1 saturated heterocycles. The zero-order valence-electron chi connectivity index (χ0n) is 12.8. The quantitative estimate of drug-likeness (QED) is 0.837. The van der Waals surface area contributed by atoms with Crippen LogP contribution >= 0.6 is 11.8 Å². The van der Waals surface area contributed by atoms with Gasteiger partial charge in [0.05, 0.1) is 11.4 Å². The number of aliphatic hydroxyl groups is 1. The molecule has 0 radical (unpaired) electrons. The number of thioether (sulfide) groups is 1. The van der Waals surface area contributed by atoms with Crippen LogP contribution in [0.3, 0.4) is 0 Å². The van der Waals surface area contributed by atoms with E-state index in [4.69, 9.17) is 9.63 Å². The molecule has 1 aromatic heterocycles. The van der Waals surface area contributed by atoms with Crippen molar-refractivity contribution < 1.29 is 14.4 Å². The molecule has 1 N–H and O–H groups in total. The van der Waals surface area contributed by atoms with Crippen molar-refractivity contribution in [1.82, 2.24) is 10.1 Å². The van der Waals surface area contributed by atoms with Gasteiger partial charge in [-0.1, -0.05) is 5.16 Å². The molecule has 118 valence electrons. The van der Waals surface area contributed by atoms with E-state index in [2.05, 4.69) is 5.16 Å². The van der Waals surface area contributed by atoms with E-state index in [0.717, 1.165) is 55.0 Å². The van der Waals surface area contributed by atoms with Crippen LogP contribution in [0.1, 0.15) is 42.7 Å². The first-order valence-corrected chi connectivity index (χ1v) is 8.68. The maximum atomic E-state index is 12.3. The van der Waals surface area contributed by atoms with Crippen LogP contribution in [0.2, 0.25) is 0 Å². The van der Waals surface area contributed by atoms with E-state index in [9.17, 15) is 4.79 Å². The van der Waals surface area contributed by atoms with Crippen molar-refractivity contribution in [2.24, 2.45) is 0 Å². The molecule has 1 aliphatic rings. The van der Waals surface area contributed by atoms with Crippen LogP contribution in [0.4, 0.5) is 0 Å². The Labute approximate surface area is 130 Å². The first-order valence-electron chi connectivity index (χ1n) is 7.53. The second-order valence-electron chi connectivity index (χ2n) is 5.54. The lowest BCUT2D eigenvalue weighted by molar-refractivity contribution is -0.129. The smallest absolute Gasteiger partial charge is 0.232 e. The zero-order valence-corrected chi connectivity index (χ0v) is 13.6. The molecule has 2 rings (SSSR count). The van der Waals surface area contributed by atoms with Crippen molar-refractivity contribution in [3.63, 3.8) is 0 Å². The molecule has 21 heavy (non-hydrogen) atoms. The first-order chi connectivity index (χ1) is 10.1. The highest BCUT2D eigenvalue weighted by atomic mass is 32.2. The second kappa shape index (κ2) is 7.84.